The standard InChI is InChI=1S/C6H11ClN2O/c1-10-5-4-9-3-2-8-6(9)7/h2-5H2,1H3. The molecule has 0 aromatic heterocycles. The number of halogens is 1. The van der Waals surface area contributed by atoms with Crippen molar-refractivity contribution in [3.8, 4) is 0 Å². The maximum absolute atomic E-state index is 5.73. The summed E-state index contributed by atoms with van der Waals surface area (Å²) in [6.07, 6.45) is 0. The molecular weight excluding hydrogens is 152 g/mol. The molecule has 0 aromatic carbocycles. The maximum Gasteiger partial charge on any atom is 0.194 e. The van der Waals surface area contributed by atoms with E-state index in [4.69, 9.17) is 16.3 Å². The van der Waals surface area contributed by atoms with E-state index >= 15 is 0 Å². The number of aliphatic imine (C=N–C) groups is 1. The van der Waals surface area contributed by atoms with Crippen LogP contribution >= 0.6 is 11.6 Å². The van der Waals surface area contributed by atoms with Crippen molar-refractivity contribution in [3.63, 3.8) is 0 Å². The molecule has 0 fully saturated rings. The van der Waals surface area contributed by atoms with E-state index < -0.39 is 0 Å². The summed E-state index contributed by atoms with van der Waals surface area (Å²) >= 11 is 5.73. The fourth-order valence-corrected chi connectivity index (χ4v) is 1.11. The van der Waals surface area contributed by atoms with E-state index in [0.29, 0.717) is 11.9 Å². The summed E-state index contributed by atoms with van der Waals surface area (Å²) in [5.74, 6) is 0. The number of amidine groups is 1. The molecule has 4 heteroatoms. The zero-order valence-corrected chi connectivity index (χ0v) is 6.76. The van der Waals surface area contributed by atoms with Gasteiger partial charge in [-0.1, -0.05) is 0 Å². The SMILES string of the molecule is COCCN1CCN=C1Cl. The molecule has 1 rings (SSSR count). The van der Waals surface area contributed by atoms with Crippen LogP contribution in [0.5, 0.6) is 0 Å². The van der Waals surface area contributed by atoms with Gasteiger partial charge < -0.3 is 9.64 Å². The van der Waals surface area contributed by atoms with Gasteiger partial charge in [-0.25, -0.2) is 0 Å². The summed E-state index contributed by atoms with van der Waals surface area (Å²) in [4.78, 5) is 6.03. The van der Waals surface area contributed by atoms with E-state index in [0.717, 1.165) is 19.6 Å². The van der Waals surface area contributed by atoms with E-state index in [-0.39, 0.29) is 0 Å². The number of nitrogens with zero attached hydrogens (tertiary/aromatic N) is 2. The van der Waals surface area contributed by atoms with Crippen LogP contribution in [0.4, 0.5) is 0 Å². The van der Waals surface area contributed by atoms with Crippen molar-refractivity contribution in [2.45, 2.75) is 0 Å². The Kier molecular flexibility index (Phi) is 2.96. The number of methoxy groups -OCH3 is 1. The van der Waals surface area contributed by atoms with E-state index in [1.165, 1.54) is 0 Å². The molecule has 0 aliphatic carbocycles. The normalized spacial score (nSPS) is 17.8. The minimum Gasteiger partial charge on any atom is -0.383 e. The Morgan fingerprint density at radius 3 is 3.10 bits per heavy atom. The third-order valence-electron chi connectivity index (χ3n) is 1.44. The molecule has 58 valence electrons. The summed E-state index contributed by atoms with van der Waals surface area (Å²) in [7, 11) is 1.68. The fraction of sp³-hybridized carbons (Fsp3) is 0.833. The maximum atomic E-state index is 5.73. The van der Waals surface area contributed by atoms with Gasteiger partial charge in [0.2, 0.25) is 0 Å². The number of ether oxygens (including phenoxy) is 1. The van der Waals surface area contributed by atoms with E-state index in [1.54, 1.807) is 7.11 Å². The summed E-state index contributed by atoms with van der Waals surface area (Å²) in [5, 5.41) is 0.622. The van der Waals surface area contributed by atoms with Crippen molar-refractivity contribution < 1.29 is 4.74 Å². The highest BCUT2D eigenvalue weighted by Crippen LogP contribution is 2.03. The largest absolute Gasteiger partial charge is 0.383 e. The summed E-state index contributed by atoms with van der Waals surface area (Å²) < 4.78 is 4.90. The van der Waals surface area contributed by atoms with Crippen LogP contribution in [0.1, 0.15) is 0 Å². The number of hydrogen-bond donors (Lipinski definition) is 0. The molecule has 3 nitrogen and oxygen atoms in total. The first-order chi connectivity index (χ1) is 4.84. The summed E-state index contributed by atoms with van der Waals surface area (Å²) in [6.45, 7) is 3.31. The fourth-order valence-electron chi connectivity index (χ4n) is 0.861. The smallest absolute Gasteiger partial charge is 0.194 e. The van der Waals surface area contributed by atoms with Crippen LogP contribution in [0.15, 0.2) is 4.99 Å². The Balaban J connectivity index is 2.22. The molecule has 0 saturated carbocycles. The van der Waals surface area contributed by atoms with Crippen molar-refractivity contribution in [1.82, 2.24) is 4.90 Å². The topological polar surface area (TPSA) is 24.8 Å². The Labute approximate surface area is 65.6 Å². The van der Waals surface area contributed by atoms with E-state index in [9.17, 15) is 0 Å². The second kappa shape index (κ2) is 3.78. The van der Waals surface area contributed by atoms with Crippen LogP contribution in [0.3, 0.4) is 0 Å². The van der Waals surface area contributed by atoms with Gasteiger partial charge in [0.25, 0.3) is 0 Å². The molecule has 1 aliphatic rings. The average molecular weight is 163 g/mol. The lowest BCUT2D eigenvalue weighted by Crippen LogP contribution is -2.27. The molecule has 0 aromatic rings. The van der Waals surface area contributed by atoms with Crippen molar-refractivity contribution in [1.29, 1.82) is 0 Å². The Morgan fingerprint density at radius 2 is 2.60 bits per heavy atom. The zero-order chi connectivity index (χ0) is 7.40. The molecule has 0 saturated heterocycles. The zero-order valence-electron chi connectivity index (χ0n) is 6.01. The first kappa shape index (κ1) is 7.82. The van der Waals surface area contributed by atoms with Gasteiger partial charge in [0.1, 0.15) is 0 Å². The lowest BCUT2D eigenvalue weighted by molar-refractivity contribution is 0.180. The van der Waals surface area contributed by atoms with E-state index in [2.05, 4.69) is 4.99 Å². The molecule has 0 N–H and O–H groups in total. The van der Waals surface area contributed by atoms with Crippen LogP contribution in [0.25, 0.3) is 0 Å². The minimum atomic E-state index is 0.622. The molecule has 1 aliphatic heterocycles. The van der Waals surface area contributed by atoms with Crippen LogP contribution in [-0.2, 0) is 4.74 Å². The molecule has 1 heterocycles. The Hall–Kier alpha value is -0.280. The summed E-state index contributed by atoms with van der Waals surface area (Å²) in [5.41, 5.74) is 0. The number of rotatable bonds is 3. The highest BCUT2D eigenvalue weighted by Gasteiger charge is 2.12. The average Bonchev–Trinajstić information content (AvgIpc) is 2.31. The van der Waals surface area contributed by atoms with Gasteiger partial charge >= 0.3 is 0 Å². The molecule has 0 radical (unpaired) electrons. The predicted molar refractivity (Wildman–Crippen MR) is 41.6 cm³/mol. The Bertz CT molecular complexity index is 138. The minimum absolute atomic E-state index is 0.622. The highest BCUT2D eigenvalue weighted by molar-refractivity contribution is 6.64. The van der Waals surface area contributed by atoms with Crippen molar-refractivity contribution in [3.05, 3.63) is 0 Å². The van der Waals surface area contributed by atoms with Crippen LogP contribution in [0.2, 0.25) is 0 Å². The van der Waals surface area contributed by atoms with Crippen molar-refractivity contribution in [2.24, 2.45) is 4.99 Å². The first-order valence-corrected chi connectivity index (χ1v) is 3.66. The third-order valence-corrected chi connectivity index (χ3v) is 1.80. The molecular formula is C6H11ClN2O. The highest BCUT2D eigenvalue weighted by atomic mass is 35.5. The molecule has 0 unspecified atom stereocenters. The van der Waals surface area contributed by atoms with Crippen molar-refractivity contribution >= 4 is 16.9 Å². The van der Waals surface area contributed by atoms with Crippen LogP contribution in [-0.4, -0.2) is 43.5 Å². The molecule has 0 bridgehead atoms. The van der Waals surface area contributed by atoms with Gasteiger partial charge in [-0.2, -0.15) is 0 Å². The molecule has 0 spiro atoms. The predicted octanol–water partition coefficient (Wildman–Crippen LogP) is 0.543. The van der Waals surface area contributed by atoms with Gasteiger partial charge in [0.05, 0.1) is 13.2 Å². The second-order valence-electron chi connectivity index (χ2n) is 2.13. The van der Waals surface area contributed by atoms with Crippen molar-refractivity contribution in [2.75, 3.05) is 33.4 Å². The number of hydrogen-bond acceptors (Lipinski definition) is 3. The van der Waals surface area contributed by atoms with Gasteiger partial charge in [-0.15, -0.1) is 0 Å². The lowest BCUT2D eigenvalue weighted by Gasteiger charge is -2.14. The van der Waals surface area contributed by atoms with Crippen LogP contribution < -0.4 is 0 Å². The molecule has 0 amide bonds. The first-order valence-electron chi connectivity index (χ1n) is 3.28. The van der Waals surface area contributed by atoms with Gasteiger partial charge in [-0.3, -0.25) is 4.99 Å². The summed E-state index contributed by atoms with van der Waals surface area (Å²) in [6, 6.07) is 0. The second-order valence-corrected chi connectivity index (χ2v) is 2.47. The van der Waals surface area contributed by atoms with Crippen LogP contribution in [0, 0.1) is 0 Å². The van der Waals surface area contributed by atoms with Gasteiger partial charge in [0.15, 0.2) is 5.29 Å². The Morgan fingerprint density at radius 1 is 1.80 bits per heavy atom. The van der Waals surface area contributed by atoms with E-state index in [1.807, 2.05) is 4.90 Å². The quantitative estimate of drug-likeness (QED) is 0.566. The molecule has 0 atom stereocenters. The molecule has 10 heavy (non-hydrogen) atoms. The third kappa shape index (κ3) is 1.85. The van der Waals surface area contributed by atoms with Gasteiger partial charge in [-0.05, 0) is 11.6 Å². The monoisotopic (exact) mass is 162 g/mol. The van der Waals surface area contributed by atoms with Gasteiger partial charge in [0, 0.05) is 20.2 Å². The lowest BCUT2D eigenvalue weighted by atomic mass is 10.5.